The first-order chi connectivity index (χ1) is 11.9. The molecule has 0 bridgehead atoms. The number of benzene rings is 3. The summed E-state index contributed by atoms with van der Waals surface area (Å²) in [5.41, 5.74) is 0. The second-order valence-corrected chi connectivity index (χ2v) is 9.81. The Labute approximate surface area is 170 Å². The summed E-state index contributed by atoms with van der Waals surface area (Å²) >= 11 is 3.51. The minimum absolute atomic E-state index is 0. The second-order valence-electron chi connectivity index (χ2n) is 5.62. The normalized spacial score (nSPS) is 11.2. The fraction of sp³-hybridized carbons (Fsp3) is 0.0909. The highest BCUT2D eigenvalue weighted by Gasteiger charge is 2.43. The van der Waals surface area contributed by atoms with E-state index in [0.717, 1.165) is 11.5 Å². The predicted molar refractivity (Wildman–Crippen MR) is 113 cm³/mol. The Hall–Kier alpha value is -1.21. The van der Waals surface area contributed by atoms with Crippen molar-refractivity contribution in [1.82, 2.24) is 0 Å². The van der Waals surface area contributed by atoms with Crippen molar-refractivity contribution in [1.29, 1.82) is 0 Å². The van der Waals surface area contributed by atoms with Crippen molar-refractivity contribution in [3.63, 3.8) is 0 Å². The molecule has 3 rings (SSSR count). The Balaban J connectivity index is 0.00000225. The molecule has 0 aromatic heterocycles. The van der Waals surface area contributed by atoms with Crippen molar-refractivity contribution in [3.05, 3.63) is 103 Å². The lowest BCUT2D eigenvalue weighted by Crippen LogP contribution is -3.00. The van der Waals surface area contributed by atoms with Crippen LogP contribution in [0.2, 0.25) is 0 Å². The van der Waals surface area contributed by atoms with Gasteiger partial charge in [-0.3, -0.25) is 0 Å². The standard InChI is InChI=1S/C22H21BrP.BrH/c23-18-10-11-19-24(20-12-4-1-5-13-20,21-14-6-2-7-15-21)22-16-8-3-9-17-22;/h1-17H,18-19H2;1H/q+1;/p-1. The average Bonchev–Trinajstić information content (AvgIpc) is 2.68. The van der Waals surface area contributed by atoms with Gasteiger partial charge in [0.1, 0.15) is 23.2 Å². The molecule has 0 amide bonds. The molecule has 0 aliphatic rings. The van der Waals surface area contributed by atoms with Crippen LogP contribution in [0.4, 0.5) is 0 Å². The van der Waals surface area contributed by atoms with E-state index >= 15 is 0 Å². The molecule has 3 heteroatoms. The van der Waals surface area contributed by atoms with Crippen molar-refractivity contribution in [2.45, 2.75) is 0 Å². The molecule has 3 aromatic carbocycles. The quantitative estimate of drug-likeness (QED) is 0.290. The highest BCUT2D eigenvalue weighted by Crippen LogP contribution is 2.55. The summed E-state index contributed by atoms with van der Waals surface area (Å²) in [6.45, 7) is 0. The van der Waals surface area contributed by atoms with Crippen molar-refractivity contribution in [2.24, 2.45) is 0 Å². The third kappa shape index (κ3) is 4.50. The van der Waals surface area contributed by atoms with E-state index < -0.39 is 7.26 Å². The SMILES string of the molecule is BrCC=CC[P+](c1ccccc1)(c1ccccc1)c1ccccc1.[Br-]. The summed E-state index contributed by atoms with van der Waals surface area (Å²) < 4.78 is 0. The van der Waals surface area contributed by atoms with E-state index in [9.17, 15) is 0 Å². The number of hydrogen-bond acceptors (Lipinski definition) is 0. The van der Waals surface area contributed by atoms with Crippen LogP contribution in [-0.2, 0) is 0 Å². The van der Waals surface area contributed by atoms with Crippen molar-refractivity contribution in [2.75, 3.05) is 11.5 Å². The van der Waals surface area contributed by atoms with Gasteiger partial charge < -0.3 is 17.0 Å². The summed E-state index contributed by atoms with van der Waals surface area (Å²) in [5.74, 6) is 0. The first kappa shape index (κ1) is 20.1. The summed E-state index contributed by atoms with van der Waals surface area (Å²) in [6.07, 6.45) is 5.58. The van der Waals surface area contributed by atoms with Gasteiger partial charge in [0.15, 0.2) is 0 Å². The Kier molecular flexibility index (Phi) is 8.09. The molecule has 128 valence electrons. The molecular weight excluding hydrogens is 455 g/mol. The van der Waals surface area contributed by atoms with Gasteiger partial charge in [0.05, 0.1) is 6.16 Å². The molecule has 0 heterocycles. The number of allylic oxidation sites excluding steroid dienone is 2. The molecule has 0 aliphatic heterocycles. The maximum atomic E-state index is 3.51. The van der Waals surface area contributed by atoms with Gasteiger partial charge in [-0.1, -0.05) is 76.6 Å². The molecular formula is C22H21Br2P. The maximum Gasteiger partial charge on any atom is 0.115 e. The van der Waals surface area contributed by atoms with Crippen LogP contribution in [0.5, 0.6) is 0 Å². The van der Waals surface area contributed by atoms with Gasteiger partial charge in [0.2, 0.25) is 0 Å². The van der Waals surface area contributed by atoms with Crippen LogP contribution in [0.1, 0.15) is 0 Å². The molecule has 0 N–H and O–H groups in total. The van der Waals surface area contributed by atoms with Crippen LogP contribution in [0, 0.1) is 0 Å². The van der Waals surface area contributed by atoms with Crippen molar-refractivity contribution in [3.8, 4) is 0 Å². The molecule has 25 heavy (non-hydrogen) atoms. The van der Waals surface area contributed by atoms with Gasteiger partial charge in [-0.2, -0.15) is 0 Å². The molecule has 0 saturated heterocycles. The van der Waals surface area contributed by atoms with E-state index in [1.54, 1.807) is 0 Å². The van der Waals surface area contributed by atoms with Crippen molar-refractivity contribution >= 4 is 39.1 Å². The van der Waals surface area contributed by atoms with Gasteiger partial charge in [0.25, 0.3) is 0 Å². The van der Waals surface area contributed by atoms with E-state index in [4.69, 9.17) is 0 Å². The van der Waals surface area contributed by atoms with Crippen LogP contribution >= 0.6 is 23.2 Å². The van der Waals surface area contributed by atoms with Crippen LogP contribution in [-0.4, -0.2) is 11.5 Å². The third-order valence-corrected chi connectivity index (χ3v) is 8.90. The molecule has 0 fully saturated rings. The summed E-state index contributed by atoms with van der Waals surface area (Å²) in [7, 11) is -1.69. The predicted octanol–water partition coefficient (Wildman–Crippen LogP) is 1.94. The molecule has 0 radical (unpaired) electrons. The lowest BCUT2D eigenvalue weighted by Gasteiger charge is -2.26. The second kappa shape index (κ2) is 10.1. The fourth-order valence-corrected chi connectivity index (χ4v) is 7.41. The number of hydrogen-bond donors (Lipinski definition) is 0. The largest absolute Gasteiger partial charge is 1.00 e. The average molecular weight is 476 g/mol. The van der Waals surface area contributed by atoms with Gasteiger partial charge in [-0.05, 0) is 42.5 Å². The number of rotatable bonds is 6. The van der Waals surface area contributed by atoms with E-state index in [0.29, 0.717) is 0 Å². The zero-order chi connectivity index (χ0) is 16.7. The molecule has 0 aliphatic carbocycles. The van der Waals surface area contributed by atoms with Crippen LogP contribution in [0.25, 0.3) is 0 Å². The molecule has 0 spiro atoms. The van der Waals surface area contributed by atoms with Crippen LogP contribution < -0.4 is 32.9 Å². The molecule has 0 nitrogen and oxygen atoms in total. The lowest BCUT2D eigenvalue weighted by molar-refractivity contribution is -0.00000453. The Bertz CT molecular complexity index is 674. The molecule has 0 saturated carbocycles. The Morgan fingerprint density at radius 3 is 1.28 bits per heavy atom. The molecule has 3 aromatic rings. The van der Waals surface area contributed by atoms with Crippen LogP contribution in [0.15, 0.2) is 103 Å². The Morgan fingerprint density at radius 2 is 0.960 bits per heavy atom. The number of alkyl halides is 1. The molecule has 0 atom stereocenters. The summed E-state index contributed by atoms with van der Waals surface area (Å²) in [5, 5.41) is 5.19. The highest BCUT2D eigenvalue weighted by molar-refractivity contribution is 9.09. The lowest BCUT2D eigenvalue weighted by atomic mass is 10.4. The van der Waals surface area contributed by atoms with E-state index in [1.807, 2.05) is 0 Å². The minimum atomic E-state index is -1.69. The summed E-state index contributed by atoms with van der Waals surface area (Å²) in [6, 6.07) is 33.0. The zero-order valence-electron chi connectivity index (χ0n) is 13.9. The molecule has 0 unspecified atom stereocenters. The van der Waals surface area contributed by atoms with E-state index in [2.05, 4.69) is 119 Å². The smallest absolute Gasteiger partial charge is 0.115 e. The zero-order valence-corrected chi connectivity index (χ0v) is 18.0. The van der Waals surface area contributed by atoms with Crippen molar-refractivity contribution < 1.29 is 17.0 Å². The minimum Gasteiger partial charge on any atom is -1.00 e. The first-order valence-corrected chi connectivity index (χ1v) is 11.2. The maximum absolute atomic E-state index is 3.51. The third-order valence-electron chi connectivity index (χ3n) is 4.23. The van der Waals surface area contributed by atoms with Gasteiger partial charge in [-0.15, -0.1) is 0 Å². The monoisotopic (exact) mass is 474 g/mol. The van der Waals surface area contributed by atoms with Gasteiger partial charge in [0, 0.05) is 5.33 Å². The highest BCUT2D eigenvalue weighted by atomic mass is 79.9. The fourth-order valence-electron chi connectivity index (χ4n) is 3.11. The number of halogens is 2. The van der Waals surface area contributed by atoms with Crippen LogP contribution in [0.3, 0.4) is 0 Å². The summed E-state index contributed by atoms with van der Waals surface area (Å²) in [4.78, 5) is 0. The Morgan fingerprint density at radius 1 is 0.600 bits per heavy atom. The topological polar surface area (TPSA) is 0 Å². The van der Waals surface area contributed by atoms with E-state index in [1.165, 1.54) is 15.9 Å². The first-order valence-electron chi connectivity index (χ1n) is 8.14. The van der Waals surface area contributed by atoms with Gasteiger partial charge in [-0.25, -0.2) is 0 Å². The van der Waals surface area contributed by atoms with Gasteiger partial charge >= 0.3 is 0 Å². The van der Waals surface area contributed by atoms with E-state index in [-0.39, 0.29) is 17.0 Å².